The first-order valence-electron chi connectivity index (χ1n) is 6.17. The number of rotatable bonds is 2. The minimum Gasteiger partial charge on any atom is -0.456 e. The van der Waals surface area contributed by atoms with Crippen LogP contribution >= 0.6 is 11.3 Å². The van der Waals surface area contributed by atoms with Crippen molar-refractivity contribution < 1.29 is 19.4 Å². The van der Waals surface area contributed by atoms with Crippen LogP contribution in [-0.2, 0) is 22.5 Å². The molecule has 0 radical (unpaired) electrons. The minimum atomic E-state index is -0.556. The number of nitrogens with two attached hydrogens (primary N) is 1. The molecule has 0 amide bonds. The predicted molar refractivity (Wildman–Crippen MR) is 73.3 cm³/mol. The van der Waals surface area contributed by atoms with Gasteiger partial charge < -0.3 is 20.3 Å². The number of nitrogen functional groups attached to an aromatic ring is 1. The van der Waals surface area contributed by atoms with Crippen LogP contribution in [0, 0.1) is 0 Å². The van der Waals surface area contributed by atoms with E-state index in [4.69, 9.17) is 15.2 Å². The van der Waals surface area contributed by atoms with E-state index in [0.717, 1.165) is 10.4 Å². The lowest BCUT2D eigenvalue weighted by molar-refractivity contribution is -0.00678. The number of ether oxygens (including phenoxy) is 2. The van der Waals surface area contributed by atoms with E-state index in [1.807, 2.05) is 20.8 Å². The highest BCUT2D eigenvalue weighted by Crippen LogP contribution is 2.36. The maximum absolute atomic E-state index is 12.2. The Morgan fingerprint density at radius 2 is 2.26 bits per heavy atom. The molecule has 1 aromatic rings. The molecule has 2 heterocycles. The maximum Gasteiger partial charge on any atom is 0.341 e. The van der Waals surface area contributed by atoms with Gasteiger partial charge in [-0.2, -0.15) is 0 Å². The molecule has 0 spiro atoms. The second kappa shape index (κ2) is 5.11. The number of hydrogen-bond donors (Lipinski definition) is 2. The van der Waals surface area contributed by atoms with E-state index < -0.39 is 11.6 Å². The molecule has 6 heteroatoms. The van der Waals surface area contributed by atoms with Gasteiger partial charge in [-0.1, -0.05) is 0 Å². The Bertz CT molecular complexity index is 490. The van der Waals surface area contributed by atoms with Gasteiger partial charge in [0.05, 0.1) is 24.9 Å². The summed E-state index contributed by atoms with van der Waals surface area (Å²) in [5.74, 6) is -0.402. The molecule has 3 N–H and O–H groups in total. The zero-order valence-electron chi connectivity index (χ0n) is 11.4. The van der Waals surface area contributed by atoms with Crippen molar-refractivity contribution in [1.82, 2.24) is 0 Å². The number of anilines is 1. The number of carbonyl (C=O) groups excluding carboxylic acids is 1. The van der Waals surface area contributed by atoms with Crippen LogP contribution in [0.2, 0.25) is 0 Å². The van der Waals surface area contributed by atoms with E-state index >= 15 is 0 Å². The third-order valence-electron chi connectivity index (χ3n) is 2.81. The zero-order valence-corrected chi connectivity index (χ0v) is 12.2. The van der Waals surface area contributed by atoms with Crippen molar-refractivity contribution in [2.45, 2.75) is 45.5 Å². The largest absolute Gasteiger partial charge is 0.456 e. The summed E-state index contributed by atoms with van der Waals surface area (Å²) in [6, 6.07) is 0. The second-order valence-electron chi connectivity index (χ2n) is 5.56. The summed E-state index contributed by atoms with van der Waals surface area (Å²) in [4.78, 5) is 13.2. The number of aliphatic hydroxyl groups is 1. The minimum absolute atomic E-state index is 0.0665. The van der Waals surface area contributed by atoms with Gasteiger partial charge in [-0.25, -0.2) is 4.79 Å². The molecule has 0 bridgehead atoms. The van der Waals surface area contributed by atoms with Crippen LogP contribution in [-0.4, -0.2) is 29.4 Å². The first-order chi connectivity index (χ1) is 8.81. The van der Waals surface area contributed by atoms with Gasteiger partial charge in [0.15, 0.2) is 0 Å². The van der Waals surface area contributed by atoms with Crippen molar-refractivity contribution >= 4 is 22.3 Å². The maximum atomic E-state index is 12.2. The van der Waals surface area contributed by atoms with Crippen molar-refractivity contribution in [3.8, 4) is 0 Å². The van der Waals surface area contributed by atoms with E-state index in [9.17, 15) is 9.90 Å². The highest BCUT2D eigenvalue weighted by Gasteiger charge is 2.30. The highest BCUT2D eigenvalue weighted by atomic mass is 32.1. The molecule has 1 unspecified atom stereocenters. The molecular weight excluding hydrogens is 266 g/mol. The van der Waals surface area contributed by atoms with E-state index in [2.05, 4.69) is 0 Å². The lowest BCUT2D eigenvalue weighted by Gasteiger charge is -2.23. The first kappa shape index (κ1) is 14.3. The normalized spacial score (nSPS) is 19.1. The molecule has 0 aliphatic carbocycles. The Labute approximate surface area is 116 Å². The van der Waals surface area contributed by atoms with Gasteiger partial charge in [-0.15, -0.1) is 11.3 Å². The molecule has 1 atom stereocenters. The van der Waals surface area contributed by atoms with Crippen LogP contribution in [0.5, 0.6) is 0 Å². The fourth-order valence-electron chi connectivity index (χ4n) is 2.02. The van der Waals surface area contributed by atoms with Crippen molar-refractivity contribution in [3.05, 3.63) is 16.0 Å². The van der Waals surface area contributed by atoms with Crippen molar-refractivity contribution in [2.75, 3.05) is 12.3 Å². The second-order valence-corrected chi connectivity index (χ2v) is 6.70. The molecule has 0 saturated carbocycles. The van der Waals surface area contributed by atoms with Gasteiger partial charge in [-0.05, 0) is 26.3 Å². The van der Waals surface area contributed by atoms with Crippen LogP contribution in [0.15, 0.2) is 0 Å². The number of hydrogen-bond acceptors (Lipinski definition) is 6. The van der Waals surface area contributed by atoms with Crippen LogP contribution in [0.3, 0.4) is 0 Å². The lowest BCUT2D eigenvalue weighted by atomic mass is 10.0. The van der Waals surface area contributed by atoms with Gasteiger partial charge in [-0.3, -0.25) is 0 Å². The zero-order chi connectivity index (χ0) is 14.2. The lowest BCUT2D eigenvalue weighted by Crippen LogP contribution is -2.28. The summed E-state index contributed by atoms with van der Waals surface area (Å²) >= 11 is 1.35. The number of fused-ring (bicyclic) bond motifs is 1. The van der Waals surface area contributed by atoms with Crippen molar-refractivity contribution in [3.63, 3.8) is 0 Å². The standard InChI is InChI=1S/C13H19NO4S/c1-13(2,3)18-12(16)10-8-4-7(5-15)17-6-9(8)19-11(10)14/h7,15H,4-6,14H2,1-3H3. The summed E-state index contributed by atoms with van der Waals surface area (Å²) in [6.45, 7) is 5.78. The third-order valence-corrected chi connectivity index (χ3v) is 3.84. The number of esters is 1. The molecule has 0 aromatic carbocycles. The number of aliphatic hydroxyl groups excluding tert-OH is 1. The summed E-state index contributed by atoms with van der Waals surface area (Å²) in [6.07, 6.45) is 0.219. The smallest absolute Gasteiger partial charge is 0.341 e. The van der Waals surface area contributed by atoms with Gasteiger partial charge in [0, 0.05) is 11.3 Å². The van der Waals surface area contributed by atoms with E-state index in [1.54, 1.807) is 0 Å². The van der Waals surface area contributed by atoms with Gasteiger partial charge >= 0.3 is 5.97 Å². The van der Waals surface area contributed by atoms with Crippen molar-refractivity contribution in [1.29, 1.82) is 0 Å². The van der Waals surface area contributed by atoms with Crippen LogP contribution in [0.4, 0.5) is 5.00 Å². The Hall–Kier alpha value is -1.11. The van der Waals surface area contributed by atoms with E-state index in [0.29, 0.717) is 23.6 Å². The Kier molecular flexibility index (Phi) is 3.85. The first-order valence-corrected chi connectivity index (χ1v) is 6.99. The molecule has 1 aromatic heterocycles. The van der Waals surface area contributed by atoms with Gasteiger partial charge in [0.25, 0.3) is 0 Å². The fraction of sp³-hybridized carbons (Fsp3) is 0.615. The molecule has 1 aliphatic rings. The van der Waals surface area contributed by atoms with Crippen LogP contribution in [0.25, 0.3) is 0 Å². The molecule has 1 aliphatic heterocycles. The summed E-state index contributed by atoms with van der Waals surface area (Å²) in [5.41, 5.74) is 6.68. The molecule has 5 nitrogen and oxygen atoms in total. The SMILES string of the molecule is CC(C)(C)OC(=O)c1c(N)sc2c1CC(CO)OC2. The molecule has 2 rings (SSSR count). The average molecular weight is 285 g/mol. The molecular formula is C13H19NO4S. The summed E-state index contributed by atoms with van der Waals surface area (Å²) < 4.78 is 10.8. The molecule has 106 valence electrons. The van der Waals surface area contributed by atoms with Crippen molar-refractivity contribution in [2.24, 2.45) is 0 Å². The fourth-order valence-corrected chi connectivity index (χ4v) is 3.03. The van der Waals surface area contributed by atoms with E-state index in [1.165, 1.54) is 11.3 Å². The Morgan fingerprint density at radius 1 is 1.58 bits per heavy atom. The van der Waals surface area contributed by atoms with Gasteiger partial charge in [0.2, 0.25) is 0 Å². The molecule has 0 fully saturated rings. The number of carbonyl (C=O) groups is 1. The summed E-state index contributed by atoms with van der Waals surface area (Å²) in [5, 5.41) is 9.63. The summed E-state index contributed by atoms with van der Waals surface area (Å²) in [7, 11) is 0. The van der Waals surface area contributed by atoms with E-state index in [-0.39, 0.29) is 12.7 Å². The number of thiophene rings is 1. The third kappa shape index (κ3) is 3.08. The van der Waals surface area contributed by atoms with Crippen LogP contribution in [0.1, 0.15) is 41.6 Å². The Balaban J connectivity index is 2.31. The molecule has 0 saturated heterocycles. The quantitative estimate of drug-likeness (QED) is 0.809. The topological polar surface area (TPSA) is 81.8 Å². The Morgan fingerprint density at radius 3 is 2.84 bits per heavy atom. The van der Waals surface area contributed by atoms with Gasteiger partial charge in [0.1, 0.15) is 10.6 Å². The monoisotopic (exact) mass is 285 g/mol. The van der Waals surface area contributed by atoms with Crippen LogP contribution < -0.4 is 5.73 Å². The average Bonchev–Trinajstić information content (AvgIpc) is 2.61. The predicted octanol–water partition coefficient (Wildman–Crippen LogP) is 1.72. The highest BCUT2D eigenvalue weighted by molar-refractivity contribution is 7.16. The molecule has 19 heavy (non-hydrogen) atoms.